The van der Waals surface area contributed by atoms with E-state index in [-0.39, 0.29) is 11.6 Å². The van der Waals surface area contributed by atoms with Crippen LogP contribution in [0.25, 0.3) is 11.3 Å². The molecule has 2 aliphatic heterocycles. The minimum absolute atomic E-state index is 0.0427. The minimum Gasteiger partial charge on any atom is -0.337 e. The molecule has 1 aliphatic carbocycles. The van der Waals surface area contributed by atoms with Gasteiger partial charge < -0.3 is 19.7 Å². The van der Waals surface area contributed by atoms with E-state index in [1.54, 1.807) is 7.05 Å². The lowest BCUT2D eigenvalue weighted by molar-refractivity contribution is -0.119. The number of nitrogens with zero attached hydrogens (tertiary/aromatic N) is 4. The van der Waals surface area contributed by atoms with Crippen molar-refractivity contribution in [3.63, 3.8) is 0 Å². The third-order valence-corrected chi connectivity index (χ3v) is 8.63. The summed E-state index contributed by atoms with van der Waals surface area (Å²) in [7, 11) is 5.91. The normalized spacial score (nSPS) is 21.7. The Morgan fingerprint density at radius 2 is 1.60 bits per heavy atom. The first-order valence-corrected chi connectivity index (χ1v) is 14.6. The molecule has 2 unspecified atom stereocenters. The fourth-order valence-corrected chi connectivity index (χ4v) is 6.41. The SMILES string of the molecule is CN1CCCC2(CCCC2)C1.CNC1CC(c2ccccc2)N(C=O)C1.Cn1cnc(-c2ccccc2)cc1=O. The van der Waals surface area contributed by atoms with Gasteiger partial charge in [0.1, 0.15) is 0 Å². The Hall–Kier alpha value is -3.29. The number of carbonyl (C=O) groups excluding carboxylic acids is 1. The lowest BCUT2D eigenvalue weighted by Gasteiger charge is -2.38. The van der Waals surface area contributed by atoms with Crippen LogP contribution in [-0.4, -0.2) is 65.5 Å². The van der Waals surface area contributed by atoms with E-state index in [1.807, 2.05) is 60.5 Å². The van der Waals surface area contributed by atoms with Gasteiger partial charge in [-0.1, -0.05) is 73.5 Å². The van der Waals surface area contributed by atoms with Crippen LogP contribution in [0.3, 0.4) is 0 Å². The molecule has 0 radical (unpaired) electrons. The van der Waals surface area contributed by atoms with Crippen molar-refractivity contribution in [3.05, 3.63) is 89.0 Å². The van der Waals surface area contributed by atoms with Gasteiger partial charge in [-0.15, -0.1) is 0 Å². The average Bonchev–Trinajstić information content (AvgIpc) is 3.63. The van der Waals surface area contributed by atoms with Crippen LogP contribution < -0.4 is 10.9 Å². The third kappa shape index (κ3) is 7.89. The van der Waals surface area contributed by atoms with Crippen molar-refractivity contribution in [1.82, 2.24) is 24.7 Å². The zero-order chi connectivity index (χ0) is 28.4. The first-order valence-electron chi connectivity index (χ1n) is 14.6. The average molecular weight is 544 g/mol. The number of aromatic nitrogens is 2. The molecule has 3 aromatic rings. The van der Waals surface area contributed by atoms with Gasteiger partial charge >= 0.3 is 0 Å². The Labute approximate surface area is 239 Å². The molecule has 7 heteroatoms. The van der Waals surface area contributed by atoms with Crippen LogP contribution in [-0.2, 0) is 11.8 Å². The quantitative estimate of drug-likeness (QED) is 0.474. The number of amides is 1. The molecule has 1 amide bonds. The van der Waals surface area contributed by atoms with Gasteiger partial charge in [-0.2, -0.15) is 0 Å². The second-order valence-electron chi connectivity index (χ2n) is 11.6. The van der Waals surface area contributed by atoms with Crippen LogP contribution >= 0.6 is 0 Å². The maximum atomic E-state index is 11.3. The Balaban J connectivity index is 0.000000140. The molecule has 1 spiro atoms. The highest BCUT2D eigenvalue weighted by atomic mass is 16.1. The standard InChI is InChI=1S/C12H16N2O.C11H10N2O.C10H19N/c1-13-11-7-12(14(8-11)9-15)10-5-3-2-4-6-10;1-13-8-12-10(7-11(13)14)9-5-3-2-4-6-9;1-11-8-4-7-10(9-11)5-2-3-6-10/h2-6,9,11-13H,7-8H2,1H3;2-8H,1H3;2-9H2,1H3. The van der Waals surface area contributed by atoms with E-state index in [9.17, 15) is 9.59 Å². The van der Waals surface area contributed by atoms with Crippen molar-refractivity contribution < 1.29 is 4.79 Å². The molecule has 2 saturated heterocycles. The molecule has 6 rings (SSSR count). The van der Waals surface area contributed by atoms with Gasteiger partial charge in [0.25, 0.3) is 5.56 Å². The first kappa shape index (κ1) is 29.7. The van der Waals surface area contributed by atoms with Gasteiger partial charge in [0, 0.05) is 37.8 Å². The largest absolute Gasteiger partial charge is 0.337 e. The number of piperidine rings is 1. The predicted octanol–water partition coefficient (Wildman–Crippen LogP) is 4.90. The topological polar surface area (TPSA) is 70.5 Å². The lowest BCUT2D eigenvalue weighted by Crippen LogP contribution is -2.39. The molecule has 3 heterocycles. The Kier molecular flexibility index (Phi) is 10.7. The zero-order valence-corrected chi connectivity index (χ0v) is 24.3. The monoisotopic (exact) mass is 543 g/mol. The van der Waals surface area contributed by atoms with Crippen LogP contribution in [0.5, 0.6) is 0 Å². The summed E-state index contributed by atoms with van der Waals surface area (Å²) in [5.41, 5.74) is 3.63. The summed E-state index contributed by atoms with van der Waals surface area (Å²) in [6.07, 6.45) is 12.4. The van der Waals surface area contributed by atoms with E-state index in [0.29, 0.717) is 11.7 Å². The van der Waals surface area contributed by atoms with Crippen LogP contribution in [0.2, 0.25) is 0 Å². The van der Waals surface area contributed by atoms with Gasteiger partial charge in [-0.25, -0.2) is 4.98 Å². The second-order valence-corrected chi connectivity index (χ2v) is 11.6. The smallest absolute Gasteiger partial charge is 0.253 e. The summed E-state index contributed by atoms with van der Waals surface area (Å²) >= 11 is 0. The molecule has 1 saturated carbocycles. The van der Waals surface area contributed by atoms with E-state index in [0.717, 1.165) is 30.4 Å². The van der Waals surface area contributed by atoms with E-state index in [4.69, 9.17) is 0 Å². The van der Waals surface area contributed by atoms with Gasteiger partial charge in [0.05, 0.1) is 18.1 Å². The van der Waals surface area contributed by atoms with Crippen LogP contribution in [0.1, 0.15) is 56.6 Å². The van der Waals surface area contributed by atoms with Crippen molar-refractivity contribution in [2.45, 2.75) is 57.0 Å². The van der Waals surface area contributed by atoms with Crippen LogP contribution in [0, 0.1) is 5.41 Å². The summed E-state index contributed by atoms with van der Waals surface area (Å²) < 4.78 is 1.45. The van der Waals surface area contributed by atoms with Gasteiger partial charge in [-0.05, 0) is 63.7 Å². The highest BCUT2D eigenvalue weighted by Crippen LogP contribution is 2.44. The molecule has 3 fully saturated rings. The number of benzene rings is 2. The number of likely N-dealkylation sites (tertiary alicyclic amines) is 2. The van der Waals surface area contributed by atoms with Crippen molar-refractivity contribution in [1.29, 1.82) is 0 Å². The number of likely N-dealkylation sites (N-methyl/N-ethyl adjacent to an activating group) is 1. The summed E-state index contributed by atoms with van der Waals surface area (Å²) in [5.74, 6) is 0. The Bertz CT molecular complexity index is 1240. The van der Waals surface area contributed by atoms with E-state index < -0.39 is 0 Å². The molecule has 0 bridgehead atoms. The number of aryl methyl sites for hydroxylation is 1. The van der Waals surface area contributed by atoms with Crippen molar-refractivity contribution in [2.75, 3.05) is 33.7 Å². The molecule has 2 atom stereocenters. The molecular formula is C33H45N5O2. The van der Waals surface area contributed by atoms with E-state index in [1.165, 1.54) is 74.1 Å². The number of nitrogens with one attached hydrogen (secondary N) is 1. The molecule has 214 valence electrons. The second kappa shape index (κ2) is 14.4. The van der Waals surface area contributed by atoms with Crippen molar-refractivity contribution >= 4 is 6.41 Å². The first-order chi connectivity index (χ1) is 19.4. The summed E-state index contributed by atoms with van der Waals surface area (Å²) in [6, 6.07) is 22.0. The number of hydrogen-bond donors (Lipinski definition) is 1. The summed E-state index contributed by atoms with van der Waals surface area (Å²) in [6.45, 7) is 3.52. The maximum Gasteiger partial charge on any atom is 0.253 e. The molecule has 3 aliphatic rings. The molecule has 1 N–H and O–H groups in total. The number of hydrogen-bond acceptors (Lipinski definition) is 5. The van der Waals surface area contributed by atoms with Gasteiger partial charge in [0.2, 0.25) is 6.41 Å². The fraction of sp³-hybridized carbons (Fsp3) is 0.485. The number of rotatable bonds is 4. The molecule has 7 nitrogen and oxygen atoms in total. The van der Waals surface area contributed by atoms with Crippen molar-refractivity contribution in [3.8, 4) is 11.3 Å². The maximum absolute atomic E-state index is 11.3. The fourth-order valence-electron chi connectivity index (χ4n) is 6.41. The Morgan fingerprint density at radius 3 is 2.20 bits per heavy atom. The minimum atomic E-state index is -0.0427. The lowest BCUT2D eigenvalue weighted by atomic mass is 9.79. The van der Waals surface area contributed by atoms with E-state index in [2.05, 4.69) is 34.4 Å². The Morgan fingerprint density at radius 1 is 0.950 bits per heavy atom. The zero-order valence-electron chi connectivity index (χ0n) is 24.3. The molecular weight excluding hydrogens is 498 g/mol. The summed E-state index contributed by atoms with van der Waals surface area (Å²) in [4.78, 5) is 30.9. The highest BCUT2D eigenvalue weighted by molar-refractivity contribution is 5.57. The van der Waals surface area contributed by atoms with E-state index >= 15 is 0 Å². The van der Waals surface area contributed by atoms with Crippen LogP contribution in [0.4, 0.5) is 0 Å². The number of carbonyl (C=O) groups is 1. The third-order valence-electron chi connectivity index (χ3n) is 8.63. The van der Waals surface area contributed by atoms with Crippen molar-refractivity contribution in [2.24, 2.45) is 12.5 Å². The predicted molar refractivity (Wildman–Crippen MR) is 162 cm³/mol. The van der Waals surface area contributed by atoms with Gasteiger partial charge in [0.15, 0.2) is 0 Å². The molecule has 1 aromatic heterocycles. The highest BCUT2D eigenvalue weighted by Gasteiger charge is 2.36. The van der Waals surface area contributed by atoms with Crippen LogP contribution in [0.15, 0.2) is 77.9 Å². The summed E-state index contributed by atoms with van der Waals surface area (Å²) in [5, 5.41) is 3.23. The molecule has 40 heavy (non-hydrogen) atoms. The molecule has 2 aromatic carbocycles. The van der Waals surface area contributed by atoms with Gasteiger partial charge in [-0.3, -0.25) is 9.59 Å².